The van der Waals surface area contributed by atoms with Crippen LogP contribution in [0.15, 0.2) is 42.5 Å². The van der Waals surface area contributed by atoms with E-state index in [-0.39, 0.29) is 11.8 Å². The molecule has 4 rings (SSSR count). The summed E-state index contributed by atoms with van der Waals surface area (Å²) in [6, 6.07) is 13.5. The summed E-state index contributed by atoms with van der Waals surface area (Å²) in [6.07, 6.45) is 0.822. The molecule has 21 heavy (non-hydrogen) atoms. The number of nitrogens with zero attached hydrogens (tertiary/aromatic N) is 1. The van der Waals surface area contributed by atoms with Crippen molar-refractivity contribution in [3.8, 4) is 5.75 Å². The number of para-hydroxylation sites is 1. The predicted octanol–water partition coefficient (Wildman–Crippen LogP) is 2.33. The number of benzene rings is 2. The summed E-state index contributed by atoms with van der Waals surface area (Å²) in [6.45, 7) is 1.12. The molecule has 1 unspecified atom stereocenters. The van der Waals surface area contributed by atoms with Crippen molar-refractivity contribution in [2.45, 2.75) is 12.3 Å². The molecule has 0 radical (unpaired) electrons. The van der Waals surface area contributed by atoms with E-state index in [2.05, 4.69) is 0 Å². The lowest BCUT2D eigenvalue weighted by atomic mass is 10.00. The first-order chi connectivity index (χ1) is 10.3. The van der Waals surface area contributed by atoms with E-state index in [0.717, 1.165) is 34.7 Å². The number of nitrogen functional groups attached to an aromatic ring is 1. The van der Waals surface area contributed by atoms with Crippen molar-refractivity contribution in [2.24, 2.45) is 0 Å². The minimum atomic E-state index is -0.214. The zero-order valence-electron chi connectivity index (χ0n) is 11.6. The van der Waals surface area contributed by atoms with E-state index in [1.165, 1.54) is 0 Å². The van der Waals surface area contributed by atoms with Gasteiger partial charge in [0.15, 0.2) is 0 Å². The minimum Gasteiger partial charge on any atom is -0.492 e. The van der Waals surface area contributed by atoms with Gasteiger partial charge in [0.2, 0.25) is 5.91 Å². The highest BCUT2D eigenvalue weighted by atomic mass is 16.5. The van der Waals surface area contributed by atoms with E-state index >= 15 is 0 Å². The van der Waals surface area contributed by atoms with Gasteiger partial charge in [0.25, 0.3) is 0 Å². The Labute approximate surface area is 123 Å². The van der Waals surface area contributed by atoms with Crippen LogP contribution in [0.5, 0.6) is 5.75 Å². The first kappa shape index (κ1) is 12.3. The van der Waals surface area contributed by atoms with Crippen molar-refractivity contribution in [1.82, 2.24) is 0 Å². The van der Waals surface area contributed by atoms with Gasteiger partial charge in [0.1, 0.15) is 18.3 Å². The van der Waals surface area contributed by atoms with Gasteiger partial charge in [0.05, 0.1) is 0 Å². The van der Waals surface area contributed by atoms with Gasteiger partial charge in [-0.05, 0) is 24.6 Å². The van der Waals surface area contributed by atoms with E-state index < -0.39 is 0 Å². The summed E-state index contributed by atoms with van der Waals surface area (Å²) >= 11 is 0. The molecule has 0 bridgehead atoms. The number of hydrogen-bond donors (Lipinski definition) is 1. The molecule has 2 aliphatic heterocycles. The second-order valence-corrected chi connectivity index (χ2v) is 5.49. The molecule has 106 valence electrons. The zero-order chi connectivity index (χ0) is 14.4. The SMILES string of the molecule is Nc1cccc2c1CCN2C(=O)C1COc2ccccc21. The molecule has 2 aliphatic rings. The number of hydrogen-bond acceptors (Lipinski definition) is 3. The van der Waals surface area contributed by atoms with Gasteiger partial charge in [-0.1, -0.05) is 24.3 Å². The molecule has 0 saturated heterocycles. The van der Waals surface area contributed by atoms with Crippen LogP contribution in [-0.2, 0) is 11.2 Å². The van der Waals surface area contributed by atoms with E-state index in [0.29, 0.717) is 13.2 Å². The highest BCUT2D eigenvalue weighted by molar-refractivity contribution is 6.01. The second-order valence-electron chi connectivity index (χ2n) is 5.49. The largest absolute Gasteiger partial charge is 0.492 e. The monoisotopic (exact) mass is 280 g/mol. The molecular weight excluding hydrogens is 264 g/mol. The van der Waals surface area contributed by atoms with Crippen molar-refractivity contribution in [3.63, 3.8) is 0 Å². The number of rotatable bonds is 1. The van der Waals surface area contributed by atoms with Crippen LogP contribution in [0.4, 0.5) is 11.4 Å². The molecule has 2 aromatic rings. The summed E-state index contributed by atoms with van der Waals surface area (Å²) in [5.74, 6) is 0.709. The zero-order valence-corrected chi connectivity index (χ0v) is 11.6. The van der Waals surface area contributed by atoms with Gasteiger partial charge < -0.3 is 15.4 Å². The van der Waals surface area contributed by atoms with Crippen molar-refractivity contribution in [1.29, 1.82) is 0 Å². The molecule has 2 aromatic carbocycles. The Morgan fingerprint density at radius 3 is 2.95 bits per heavy atom. The van der Waals surface area contributed by atoms with Crippen molar-refractivity contribution < 1.29 is 9.53 Å². The van der Waals surface area contributed by atoms with Crippen LogP contribution < -0.4 is 15.4 Å². The Balaban J connectivity index is 1.68. The van der Waals surface area contributed by atoms with Gasteiger partial charge in [0, 0.05) is 29.0 Å². The fourth-order valence-corrected chi connectivity index (χ4v) is 3.25. The summed E-state index contributed by atoms with van der Waals surface area (Å²) in [5.41, 5.74) is 9.79. The summed E-state index contributed by atoms with van der Waals surface area (Å²) < 4.78 is 5.63. The number of carbonyl (C=O) groups excluding carboxylic acids is 1. The Kier molecular flexibility index (Phi) is 2.64. The predicted molar refractivity (Wildman–Crippen MR) is 81.6 cm³/mol. The van der Waals surface area contributed by atoms with Crippen LogP contribution in [0.25, 0.3) is 0 Å². The lowest BCUT2D eigenvalue weighted by molar-refractivity contribution is -0.120. The average molecular weight is 280 g/mol. The smallest absolute Gasteiger partial charge is 0.238 e. The summed E-state index contributed by atoms with van der Waals surface area (Å²) in [7, 11) is 0. The first-order valence-corrected chi connectivity index (χ1v) is 7.16. The number of nitrogens with two attached hydrogens (primary N) is 1. The van der Waals surface area contributed by atoms with Gasteiger partial charge in [-0.15, -0.1) is 0 Å². The Hall–Kier alpha value is -2.49. The van der Waals surface area contributed by atoms with Gasteiger partial charge in [-0.25, -0.2) is 0 Å². The standard InChI is InChI=1S/C17H16N2O2/c18-14-5-3-6-15-12(14)8-9-19(15)17(20)13-10-21-16-7-2-1-4-11(13)16/h1-7,13H,8-10,18H2. The first-order valence-electron chi connectivity index (χ1n) is 7.16. The fraction of sp³-hybridized carbons (Fsp3) is 0.235. The van der Waals surface area contributed by atoms with Crippen molar-refractivity contribution in [3.05, 3.63) is 53.6 Å². The van der Waals surface area contributed by atoms with Crippen LogP contribution in [0.2, 0.25) is 0 Å². The molecule has 2 heterocycles. The maximum atomic E-state index is 12.9. The molecule has 1 atom stereocenters. The topological polar surface area (TPSA) is 55.6 Å². The van der Waals surface area contributed by atoms with Crippen LogP contribution in [-0.4, -0.2) is 19.1 Å². The maximum Gasteiger partial charge on any atom is 0.238 e. The lowest BCUT2D eigenvalue weighted by Crippen LogP contribution is -2.34. The molecule has 4 heteroatoms. The third-order valence-corrected chi connectivity index (χ3v) is 4.33. The fourth-order valence-electron chi connectivity index (χ4n) is 3.25. The minimum absolute atomic E-state index is 0.101. The lowest BCUT2D eigenvalue weighted by Gasteiger charge is -2.21. The van der Waals surface area contributed by atoms with Crippen LogP contribution in [0, 0.1) is 0 Å². The second kappa shape index (κ2) is 4.52. The Morgan fingerprint density at radius 1 is 1.19 bits per heavy atom. The molecule has 4 nitrogen and oxygen atoms in total. The number of ether oxygens (including phenoxy) is 1. The Bertz CT molecular complexity index is 726. The molecule has 1 amide bonds. The molecule has 0 fully saturated rings. The van der Waals surface area contributed by atoms with Crippen LogP contribution in [0.3, 0.4) is 0 Å². The van der Waals surface area contributed by atoms with Gasteiger partial charge >= 0.3 is 0 Å². The number of carbonyl (C=O) groups is 1. The summed E-state index contributed by atoms with van der Waals surface area (Å²) in [4.78, 5) is 14.7. The van der Waals surface area contributed by atoms with E-state index in [1.54, 1.807) is 0 Å². The molecule has 0 aliphatic carbocycles. The van der Waals surface area contributed by atoms with Crippen molar-refractivity contribution >= 4 is 17.3 Å². The maximum absolute atomic E-state index is 12.9. The molecule has 0 aromatic heterocycles. The highest BCUT2D eigenvalue weighted by Gasteiger charge is 2.36. The number of anilines is 2. The normalized spacial score (nSPS) is 19.0. The third-order valence-electron chi connectivity index (χ3n) is 4.33. The van der Waals surface area contributed by atoms with Crippen LogP contribution >= 0.6 is 0 Å². The molecule has 0 spiro atoms. The quantitative estimate of drug-likeness (QED) is 0.816. The third kappa shape index (κ3) is 1.79. The molecule has 2 N–H and O–H groups in total. The van der Waals surface area contributed by atoms with Crippen molar-refractivity contribution in [2.75, 3.05) is 23.8 Å². The number of fused-ring (bicyclic) bond motifs is 2. The summed E-state index contributed by atoms with van der Waals surface area (Å²) in [5, 5.41) is 0. The van der Waals surface area contributed by atoms with Gasteiger partial charge in [-0.2, -0.15) is 0 Å². The van der Waals surface area contributed by atoms with E-state index in [4.69, 9.17) is 10.5 Å². The Morgan fingerprint density at radius 2 is 2.05 bits per heavy atom. The molecule has 0 saturated carbocycles. The number of amides is 1. The van der Waals surface area contributed by atoms with E-state index in [1.807, 2.05) is 47.4 Å². The molecular formula is C17H16N2O2. The van der Waals surface area contributed by atoms with E-state index in [9.17, 15) is 4.79 Å². The van der Waals surface area contributed by atoms with Gasteiger partial charge in [-0.3, -0.25) is 4.79 Å². The average Bonchev–Trinajstić information content (AvgIpc) is 3.11. The highest BCUT2D eigenvalue weighted by Crippen LogP contribution is 2.38. The van der Waals surface area contributed by atoms with Crippen LogP contribution in [0.1, 0.15) is 17.0 Å².